The standard InChI is InChI=1S/C9H8N2O.CH4/c1-7-4-2-3-5-8(7)9-11-10-6-12-9;/h2-6H,1H3;1H4/i;1+1. The van der Waals surface area contributed by atoms with Crippen molar-refractivity contribution in [1.29, 1.82) is 0 Å². The van der Waals surface area contributed by atoms with Gasteiger partial charge in [0.05, 0.1) is 0 Å². The van der Waals surface area contributed by atoms with Gasteiger partial charge in [-0.05, 0) is 18.6 Å². The number of rotatable bonds is 1. The molecule has 1 aromatic heterocycles. The zero-order chi connectivity index (χ0) is 8.39. The Labute approximate surface area is 77.4 Å². The van der Waals surface area contributed by atoms with Crippen molar-refractivity contribution in [2.24, 2.45) is 0 Å². The van der Waals surface area contributed by atoms with Gasteiger partial charge in [0.1, 0.15) is 0 Å². The highest BCUT2D eigenvalue weighted by molar-refractivity contribution is 5.57. The number of nitrogens with zero attached hydrogens (tertiary/aromatic N) is 2. The molecule has 0 spiro atoms. The molecular weight excluding hydrogens is 165 g/mol. The fourth-order valence-corrected chi connectivity index (χ4v) is 1.10. The molecule has 3 heteroatoms. The van der Waals surface area contributed by atoms with Gasteiger partial charge in [-0.15, -0.1) is 10.2 Å². The van der Waals surface area contributed by atoms with Crippen LogP contribution in [0.4, 0.5) is 0 Å². The highest BCUT2D eigenvalue weighted by Gasteiger charge is 2.04. The highest BCUT2D eigenvalue weighted by atomic mass is 16.4. The summed E-state index contributed by atoms with van der Waals surface area (Å²) in [4.78, 5) is 0. The Kier molecular flexibility index (Phi) is 2.80. The summed E-state index contributed by atoms with van der Waals surface area (Å²) in [5, 5.41) is 7.45. The summed E-state index contributed by atoms with van der Waals surface area (Å²) >= 11 is 0. The summed E-state index contributed by atoms with van der Waals surface area (Å²) in [5.74, 6) is 0.577. The Morgan fingerprint density at radius 2 is 2.00 bits per heavy atom. The molecule has 0 radical (unpaired) electrons. The number of aryl methyl sites for hydroxylation is 1. The van der Waals surface area contributed by atoms with Crippen molar-refractivity contribution in [1.82, 2.24) is 10.2 Å². The second-order valence-electron chi connectivity index (χ2n) is 2.56. The predicted octanol–water partition coefficient (Wildman–Crippen LogP) is 2.68. The van der Waals surface area contributed by atoms with Crippen molar-refractivity contribution >= 4 is 0 Å². The van der Waals surface area contributed by atoms with Crippen LogP contribution in [0, 0.1) is 6.92 Å². The summed E-state index contributed by atoms with van der Waals surface area (Å²) in [6.07, 6.45) is 1.34. The molecule has 0 unspecified atom stereocenters. The Morgan fingerprint density at radius 3 is 2.62 bits per heavy atom. The third-order valence-corrected chi connectivity index (χ3v) is 1.74. The van der Waals surface area contributed by atoms with E-state index in [1.165, 1.54) is 6.39 Å². The zero-order valence-electron chi connectivity index (χ0n) is 6.69. The number of hydrogen-bond acceptors (Lipinski definition) is 3. The average Bonchev–Trinajstić information content (AvgIpc) is 2.57. The van der Waals surface area contributed by atoms with E-state index in [2.05, 4.69) is 10.2 Å². The lowest BCUT2D eigenvalue weighted by atomic mass is 10.1. The molecule has 0 atom stereocenters. The molecule has 1 heterocycles. The van der Waals surface area contributed by atoms with Crippen LogP contribution in [-0.4, -0.2) is 10.2 Å². The summed E-state index contributed by atoms with van der Waals surface area (Å²) in [6, 6.07) is 7.91. The van der Waals surface area contributed by atoms with Crippen LogP contribution in [0.25, 0.3) is 11.5 Å². The number of benzene rings is 1. The molecule has 68 valence electrons. The Bertz CT molecular complexity index is 368. The first kappa shape index (κ1) is 9.45. The molecular formula is C10H12N2O. The van der Waals surface area contributed by atoms with Crippen LogP contribution in [0.5, 0.6) is 0 Å². The molecule has 0 saturated heterocycles. The van der Waals surface area contributed by atoms with Crippen LogP contribution in [0.15, 0.2) is 35.1 Å². The van der Waals surface area contributed by atoms with Crippen molar-refractivity contribution < 1.29 is 4.42 Å². The van der Waals surface area contributed by atoms with Crippen LogP contribution in [0.3, 0.4) is 0 Å². The van der Waals surface area contributed by atoms with Gasteiger partial charge < -0.3 is 4.42 Å². The quantitative estimate of drug-likeness (QED) is 0.628. The van der Waals surface area contributed by atoms with Gasteiger partial charge in [0, 0.05) is 5.56 Å². The summed E-state index contributed by atoms with van der Waals surface area (Å²) in [5.41, 5.74) is 2.14. The minimum Gasteiger partial charge on any atom is -0.423 e. The molecule has 13 heavy (non-hydrogen) atoms. The first-order valence-electron chi connectivity index (χ1n) is 3.70. The van der Waals surface area contributed by atoms with Crippen LogP contribution in [-0.2, 0) is 0 Å². The Hall–Kier alpha value is -1.64. The molecule has 0 amide bonds. The predicted molar refractivity (Wildman–Crippen MR) is 51.2 cm³/mol. The second kappa shape index (κ2) is 3.85. The SMILES string of the molecule is Cc1ccccc1-c1nnco1.[13CH4]. The summed E-state index contributed by atoms with van der Waals surface area (Å²) < 4.78 is 5.08. The van der Waals surface area contributed by atoms with Gasteiger partial charge in [-0.2, -0.15) is 0 Å². The number of hydrogen-bond donors (Lipinski definition) is 0. The van der Waals surface area contributed by atoms with Crippen LogP contribution < -0.4 is 0 Å². The lowest BCUT2D eigenvalue weighted by Gasteiger charge is -1.97. The first-order chi connectivity index (χ1) is 5.88. The molecule has 0 N–H and O–H groups in total. The molecule has 3 nitrogen and oxygen atoms in total. The molecule has 0 fully saturated rings. The van der Waals surface area contributed by atoms with Gasteiger partial charge in [0.2, 0.25) is 12.3 Å². The maximum absolute atomic E-state index is 5.08. The lowest BCUT2D eigenvalue weighted by Crippen LogP contribution is -1.81. The third-order valence-electron chi connectivity index (χ3n) is 1.74. The fourth-order valence-electron chi connectivity index (χ4n) is 1.10. The van der Waals surface area contributed by atoms with E-state index in [1.54, 1.807) is 0 Å². The molecule has 0 bridgehead atoms. The molecule has 2 aromatic rings. The van der Waals surface area contributed by atoms with Crippen molar-refractivity contribution in [2.75, 3.05) is 0 Å². The lowest BCUT2D eigenvalue weighted by molar-refractivity contribution is 0.568. The van der Waals surface area contributed by atoms with Gasteiger partial charge in [0.15, 0.2) is 0 Å². The highest BCUT2D eigenvalue weighted by Crippen LogP contribution is 2.19. The van der Waals surface area contributed by atoms with E-state index in [4.69, 9.17) is 4.42 Å². The minimum absolute atomic E-state index is 0. The maximum atomic E-state index is 5.08. The van der Waals surface area contributed by atoms with E-state index in [0.717, 1.165) is 11.1 Å². The molecule has 0 saturated carbocycles. The van der Waals surface area contributed by atoms with Crippen molar-refractivity contribution in [2.45, 2.75) is 14.4 Å². The van der Waals surface area contributed by atoms with Crippen LogP contribution in [0.1, 0.15) is 13.0 Å². The monoisotopic (exact) mass is 177 g/mol. The molecule has 0 aliphatic rings. The van der Waals surface area contributed by atoms with E-state index >= 15 is 0 Å². The van der Waals surface area contributed by atoms with Crippen molar-refractivity contribution in [3.05, 3.63) is 36.2 Å². The largest absolute Gasteiger partial charge is 0.423 e. The Morgan fingerprint density at radius 1 is 1.23 bits per heavy atom. The first-order valence-corrected chi connectivity index (χ1v) is 3.70. The normalized spacial score (nSPS) is 9.31. The van der Waals surface area contributed by atoms with Gasteiger partial charge in [-0.25, -0.2) is 0 Å². The number of aromatic nitrogens is 2. The maximum Gasteiger partial charge on any atom is 0.247 e. The summed E-state index contributed by atoms with van der Waals surface area (Å²) in [6.45, 7) is 2.01. The fraction of sp³-hybridized carbons (Fsp3) is 0.200. The van der Waals surface area contributed by atoms with E-state index in [1.807, 2.05) is 31.2 Å². The van der Waals surface area contributed by atoms with E-state index < -0.39 is 0 Å². The van der Waals surface area contributed by atoms with E-state index in [-0.39, 0.29) is 7.43 Å². The van der Waals surface area contributed by atoms with E-state index in [0.29, 0.717) is 5.89 Å². The zero-order valence-corrected chi connectivity index (χ0v) is 6.69. The summed E-state index contributed by atoms with van der Waals surface area (Å²) in [7, 11) is 0. The van der Waals surface area contributed by atoms with Gasteiger partial charge in [-0.3, -0.25) is 0 Å². The van der Waals surface area contributed by atoms with Crippen molar-refractivity contribution in [3.8, 4) is 11.5 Å². The Balaban J connectivity index is 0.000000845. The molecule has 0 aliphatic carbocycles. The topological polar surface area (TPSA) is 38.9 Å². The van der Waals surface area contributed by atoms with Gasteiger partial charge >= 0.3 is 0 Å². The average molecular weight is 177 g/mol. The second-order valence-corrected chi connectivity index (χ2v) is 2.56. The van der Waals surface area contributed by atoms with Gasteiger partial charge in [-0.1, -0.05) is 25.6 Å². The van der Waals surface area contributed by atoms with Crippen LogP contribution in [0.2, 0.25) is 0 Å². The van der Waals surface area contributed by atoms with Gasteiger partial charge in [0.25, 0.3) is 0 Å². The smallest absolute Gasteiger partial charge is 0.247 e. The molecule has 2 rings (SSSR count). The van der Waals surface area contributed by atoms with Crippen molar-refractivity contribution in [3.63, 3.8) is 0 Å². The third kappa shape index (κ3) is 1.75. The van der Waals surface area contributed by atoms with Crippen LogP contribution >= 0.6 is 0 Å². The molecule has 0 aliphatic heterocycles. The minimum atomic E-state index is 0. The van der Waals surface area contributed by atoms with E-state index in [9.17, 15) is 0 Å². The molecule has 1 aromatic carbocycles.